The zero-order chi connectivity index (χ0) is 27.5. The molecule has 0 bridgehead atoms. The maximum Gasteiger partial charge on any atom is 0 e. The van der Waals surface area contributed by atoms with Crippen molar-refractivity contribution >= 4 is 0 Å². The smallest absolute Gasteiger partial charge is 0 e. The van der Waals surface area contributed by atoms with Crippen LogP contribution in [0.3, 0.4) is 0 Å². The van der Waals surface area contributed by atoms with Gasteiger partial charge in [-0.25, -0.2) is 10.5 Å². The standard InChI is InChI=1S/H2O38/c1-3-5-7-9-11-13-15-17-19-21-23-25-27-29-31-33-35-37-38-36-34-32-30-28-26-24-22-20-18-16-14-12-10-8-6-4-2/h1-2H. The van der Waals surface area contributed by atoms with Gasteiger partial charge < -0.3 is 0 Å². The summed E-state index contributed by atoms with van der Waals surface area (Å²) >= 11 is 0. The molecular formula is H2O38. The van der Waals surface area contributed by atoms with Crippen LogP contribution in [0.4, 0.5) is 0 Å². The summed E-state index contributed by atoms with van der Waals surface area (Å²) in [6.45, 7) is 0. The van der Waals surface area contributed by atoms with Gasteiger partial charge in [-0.3, -0.25) is 0 Å². The van der Waals surface area contributed by atoms with Gasteiger partial charge in [0.05, 0.1) is 0 Å². The van der Waals surface area contributed by atoms with Crippen molar-refractivity contribution in [3.8, 4) is 0 Å². The van der Waals surface area contributed by atoms with Gasteiger partial charge in [-0.1, -0.05) is 0 Å². The Morgan fingerprint density at radius 3 is 0.289 bits per heavy atom. The lowest BCUT2D eigenvalue weighted by Crippen LogP contribution is -2.06. The van der Waals surface area contributed by atoms with Gasteiger partial charge in [0.25, 0.3) is 0 Å². The van der Waals surface area contributed by atoms with E-state index in [0.717, 1.165) is 0 Å². The molecule has 38 heavy (non-hydrogen) atoms. The van der Waals surface area contributed by atoms with E-state index in [-0.39, 0.29) is 0 Å². The first-order valence-corrected chi connectivity index (χ1v) is 6.20. The van der Waals surface area contributed by atoms with Crippen molar-refractivity contribution in [3.63, 3.8) is 0 Å². The summed E-state index contributed by atoms with van der Waals surface area (Å²) in [5, 5.41) is 138. The van der Waals surface area contributed by atoms with Crippen molar-refractivity contribution < 1.29 is 192 Å². The Morgan fingerprint density at radius 1 is 0.132 bits per heavy atom. The predicted octanol–water partition coefficient (Wildman–Crippen LogP) is -2.45. The fraction of sp³-hybridized carbons (Fsp3) is 0. The first-order chi connectivity index (χ1) is 18.9. The van der Waals surface area contributed by atoms with Crippen LogP contribution < -0.4 is 0 Å². The summed E-state index contributed by atoms with van der Waals surface area (Å²) < 4.78 is 0. The molecule has 0 radical (unpaired) electrons. The van der Waals surface area contributed by atoms with E-state index in [1.54, 1.807) is 0 Å². The molecule has 230 valence electrons. The lowest BCUT2D eigenvalue weighted by atomic mass is 14.0. The molecule has 0 fully saturated rings. The van der Waals surface area contributed by atoms with Gasteiger partial charge >= 0.3 is 0 Å². The van der Waals surface area contributed by atoms with Gasteiger partial charge in [-0.2, -0.15) is 0 Å². The molecule has 0 rings (SSSR count). The molecule has 0 atom stereocenters. The lowest BCUT2D eigenvalue weighted by Gasteiger charge is -1.99. The van der Waals surface area contributed by atoms with E-state index in [2.05, 4.69) is 181 Å². The molecule has 2 N–H and O–H groups in total. The van der Waals surface area contributed by atoms with E-state index in [1.165, 1.54) is 0 Å². The molecule has 0 heterocycles. The van der Waals surface area contributed by atoms with E-state index in [0.29, 0.717) is 0 Å². The maximum absolute atomic E-state index is 7.55. The molecule has 0 aromatic carbocycles. The van der Waals surface area contributed by atoms with Crippen LogP contribution in [0.5, 0.6) is 0 Å². The summed E-state index contributed by atoms with van der Waals surface area (Å²) in [4.78, 5) is 0. The van der Waals surface area contributed by atoms with Crippen LogP contribution in [-0.4, -0.2) is 10.5 Å². The topological polar surface area (TPSA) is 373 Å². The fourth-order valence-corrected chi connectivity index (χ4v) is 0.388. The monoisotopic (exact) mass is 610 g/mol. The lowest BCUT2D eigenvalue weighted by molar-refractivity contribution is -0.908. The van der Waals surface area contributed by atoms with Crippen LogP contribution in [0.25, 0.3) is 0 Å². The Hall–Kier alpha value is -1.52. The van der Waals surface area contributed by atoms with E-state index in [1.807, 2.05) is 0 Å². The van der Waals surface area contributed by atoms with Gasteiger partial charge in [-0.15, -0.1) is 0 Å². The van der Waals surface area contributed by atoms with E-state index in [9.17, 15) is 0 Å². The first kappa shape index (κ1) is 36.5. The van der Waals surface area contributed by atoms with Crippen molar-refractivity contribution in [2.45, 2.75) is 0 Å². The van der Waals surface area contributed by atoms with Crippen LogP contribution in [0, 0.1) is 0 Å². The van der Waals surface area contributed by atoms with Crippen LogP contribution in [0.15, 0.2) is 0 Å². The SMILES string of the molecule is OOOOOOOOOOOOOOOOOOOOOOOOOOOOOOOOOOOOOO. The fourth-order valence-electron chi connectivity index (χ4n) is 0.388. The maximum atomic E-state index is 7.55. The van der Waals surface area contributed by atoms with Crippen molar-refractivity contribution in [2.24, 2.45) is 0 Å². The second-order valence-electron chi connectivity index (χ2n) is 2.46. The predicted molar refractivity (Wildman–Crippen MR) is 44.3 cm³/mol. The van der Waals surface area contributed by atoms with Crippen LogP contribution >= 0.6 is 0 Å². The quantitative estimate of drug-likeness (QED) is 0.0427. The molecule has 0 spiro atoms. The molecule has 38 heteroatoms. The van der Waals surface area contributed by atoms with E-state index < -0.39 is 0 Å². The second-order valence-corrected chi connectivity index (χ2v) is 2.46. The van der Waals surface area contributed by atoms with Gasteiger partial charge in [-0.05, 0) is 80.6 Å². The Labute approximate surface area is 193 Å². The van der Waals surface area contributed by atoms with Gasteiger partial charge in [0, 0.05) is 101 Å². The summed E-state index contributed by atoms with van der Waals surface area (Å²) in [5.74, 6) is 0. The number of hydrogen-bond donors (Lipinski definition) is 2. The molecule has 0 aromatic heterocycles. The summed E-state index contributed by atoms with van der Waals surface area (Å²) in [7, 11) is 0. The van der Waals surface area contributed by atoms with Crippen molar-refractivity contribution in [3.05, 3.63) is 0 Å². The van der Waals surface area contributed by atoms with E-state index in [4.69, 9.17) is 10.5 Å². The highest BCUT2D eigenvalue weighted by atomic mass is 18.0. The Kier molecular flexibility index (Phi) is 34.1. The molecule has 0 saturated carbocycles. The number of hydrogen-bond acceptors (Lipinski definition) is 38. The Bertz CT molecular complexity index is 336. The molecule has 0 unspecified atom stereocenters. The summed E-state index contributed by atoms with van der Waals surface area (Å²) in [6.07, 6.45) is 0. The van der Waals surface area contributed by atoms with Gasteiger partial charge in [0.2, 0.25) is 0 Å². The van der Waals surface area contributed by atoms with Gasteiger partial charge in [0.1, 0.15) is 0 Å². The largest absolute Gasteiger partial charge is 0.219 e. The van der Waals surface area contributed by atoms with Crippen LogP contribution in [0.2, 0.25) is 0 Å². The highest BCUT2D eigenvalue weighted by Gasteiger charge is 2.02. The third-order valence-electron chi connectivity index (χ3n) is 0.978. The summed E-state index contributed by atoms with van der Waals surface area (Å²) in [6, 6.07) is 0. The molecular weight excluding hydrogens is 608 g/mol. The summed E-state index contributed by atoms with van der Waals surface area (Å²) in [5.41, 5.74) is 0. The minimum absolute atomic E-state index is 2.87. The zero-order valence-corrected chi connectivity index (χ0v) is 15.6. The first-order valence-electron chi connectivity index (χ1n) is 6.20. The molecule has 0 aliphatic rings. The zero-order valence-electron chi connectivity index (χ0n) is 15.6. The second kappa shape index (κ2) is 35.5. The molecule has 38 nitrogen and oxygen atoms in total. The van der Waals surface area contributed by atoms with Crippen molar-refractivity contribution in [2.75, 3.05) is 0 Å². The van der Waals surface area contributed by atoms with Crippen molar-refractivity contribution in [1.82, 2.24) is 0 Å². The van der Waals surface area contributed by atoms with Crippen LogP contribution in [-0.2, 0) is 181 Å². The van der Waals surface area contributed by atoms with Crippen molar-refractivity contribution in [1.29, 1.82) is 0 Å². The van der Waals surface area contributed by atoms with Crippen LogP contribution in [0.1, 0.15) is 0 Å². The molecule has 0 aliphatic heterocycles. The third kappa shape index (κ3) is 34.5. The molecule has 0 amide bonds. The average Bonchev–Trinajstić information content (AvgIpc) is 2.93. The average molecular weight is 610 g/mol. The Balaban J connectivity index is 3.01. The highest BCUT2D eigenvalue weighted by Crippen LogP contribution is 1.95. The third-order valence-corrected chi connectivity index (χ3v) is 0.978. The molecule has 0 aromatic rings. The number of rotatable bonds is 35. The molecule has 0 saturated heterocycles. The minimum atomic E-state index is 2.87. The Morgan fingerprint density at radius 2 is 0.211 bits per heavy atom. The minimum Gasteiger partial charge on any atom is -0.219 e. The normalized spacial score (nSPS) is 11.5. The highest BCUT2D eigenvalue weighted by molar-refractivity contribution is 3.11. The van der Waals surface area contributed by atoms with E-state index >= 15 is 0 Å². The molecule has 0 aliphatic carbocycles. The van der Waals surface area contributed by atoms with Gasteiger partial charge in [0.15, 0.2) is 0 Å².